The molecule has 1 aromatic heterocycles. The van der Waals surface area contributed by atoms with Crippen molar-refractivity contribution < 1.29 is 22.4 Å². The van der Waals surface area contributed by atoms with Gasteiger partial charge in [0.25, 0.3) is 0 Å². The number of rotatable bonds is 3. The van der Waals surface area contributed by atoms with E-state index >= 15 is 0 Å². The number of carbonyl (C=O) groups excluding carboxylic acids is 1. The van der Waals surface area contributed by atoms with E-state index in [0.29, 0.717) is 15.4 Å². The average molecular weight is 321 g/mol. The number of benzene rings is 1. The normalized spacial score (nSPS) is 12.0. The van der Waals surface area contributed by atoms with Gasteiger partial charge in [-0.05, 0) is 28.1 Å². The number of hydrogen-bond acceptors (Lipinski definition) is 2. The standard InChI is InChI=1S/C12H8BrF3O2/c13-8-3-1-2-7-6-10(18-11(7)8)9(17)4-5-12(14,15)16/h1-3,6H,4-5H2. The molecule has 0 spiro atoms. The van der Waals surface area contributed by atoms with Gasteiger partial charge in [-0.3, -0.25) is 4.79 Å². The summed E-state index contributed by atoms with van der Waals surface area (Å²) in [5, 5.41) is 0.680. The van der Waals surface area contributed by atoms with Crippen LogP contribution in [0.2, 0.25) is 0 Å². The summed E-state index contributed by atoms with van der Waals surface area (Å²) < 4.78 is 42.0. The van der Waals surface area contributed by atoms with Gasteiger partial charge >= 0.3 is 6.18 Å². The fourth-order valence-electron chi connectivity index (χ4n) is 1.54. The minimum Gasteiger partial charge on any atom is -0.452 e. The second kappa shape index (κ2) is 4.76. The third kappa shape index (κ3) is 2.93. The molecule has 18 heavy (non-hydrogen) atoms. The highest BCUT2D eigenvalue weighted by Gasteiger charge is 2.28. The number of ketones is 1. The largest absolute Gasteiger partial charge is 0.452 e. The summed E-state index contributed by atoms with van der Waals surface area (Å²) in [6.07, 6.45) is -6.06. The fraction of sp³-hybridized carbons (Fsp3) is 0.250. The molecule has 0 saturated heterocycles. The molecule has 1 heterocycles. The van der Waals surface area contributed by atoms with E-state index in [1.165, 1.54) is 6.07 Å². The summed E-state index contributed by atoms with van der Waals surface area (Å²) >= 11 is 3.24. The number of para-hydroxylation sites is 1. The maximum absolute atomic E-state index is 12.0. The van der Waals surface area contributed by atoms with E-state index in [1.807, 2.05) is 0 Å². The van der Waals surface area contributed by atoms with Gasteiger partial charge < -0.3 is 4.42 Å². The summed E-state index contributed by atoms with van der Waals surface area (Å²) in [7, 11) is 0. The third-order valence-electron chi connectivity index (χ3n) is 2.41. The second-order valence-corrected chi connectivity index (χ2v) is 4.66. The number of halogens is 4. The molecule has 0 saturated carbocycles. The predicted octanol–water partition coefficient (Wildman–Crippen LogP) is 4.72. The van der Waals surface area contributed by atoms with E-state index in [1.54, 1.807) is 18.2 Å². The molecule has 0 bridgehead atoms. The monoisotopic (exact) mass is 320 g/mol. The summed E-state index contributed by atoms with van der Waals surface area (Å²) in [6.45, 7) is 0. The molecule has 0 N–H and O–H groups in total. The molecule has 2 nitrogen and oxygen atoms in total. The Morgan fingerprint density at radius 2 is 2.06 bits per heavy atom. The van der Waals surface area contributed by atoms with Crippen LogP contribution >= 0.6 is 15.9 Å². The van der Waals surface area contributed by atoms with Crippen LogP contribution in [0.3, 0.4) is 0 Å². The highest BCUT2D eigenvalue weighted by Crippen LogP contribution is 2.28. The molecule has 0 fully saturated rings. The smallest absolute Gasteiger partial charge is 0.389 e. The maximum Gasteiger partial charge on any atom is 0.389 e. The van der Waals surface area contributed by atoms with Crippen LogP contribution in [-0.2, 0) is 0 Å². The van der Waals surface area contributed by atoms with E-state index in [-0.39, 0.29) is 5.76 Å². The van der Waals surface area contributed by atoms with Gasteiger partial charge in [0.15, 0.2) is 11.5 Å². The molecule has 96 valence electrons. The number of carbonyl (C=O) groups is 1. The Balaban J connectivity index is 2.21. The molecule has 0 atom stereocenters. The minimum atomic E-state index is -4.33. The van der Waals surface area contributed by atoms with Crippen LogP contribution in [0.1, 0.15) is 23.4 Å². The highest BCUT2D eigenvalue weighted by molar-refractivity contribution is 9.10. The number of fused-ring (bicyclic) bond motifs is 1. The van der Waals surface area contributed by atoms with Crippen molar-refractivity contribution in [1.82, 2.24) is 0 Å². The molecule has 0 radical (unpaired) electrons. The number of alkyl halides is 3. The Hall–Kier alpha value is -1.30. The van der Waals surface area contributed by atoms with Gasteiger partial charge in [0.2, 0.25) is 0 Å². The molecule has 1 aromatic carbocycles. The SMILES string of the molecule is O=C(CCC(F)(F)F)c1cc2cccc(Br)c2o1. The number of furan rings is 1. The molecule has 2 rings (SSSR count). The first-order chi connectivity index (χ1) is 8.37. The van der Waals surface area contributed by atoms with E-state index < -0.39 is 24.8 Å². The van der Waals surface area contributed by atoms with Crippen molar-refractivity contribution in [2.24, 2.45) is 0 Å². The van der Waals surface area contributed by atoms with Crippen LogP contribution in [0, 0.1) is 0 Å². The number of Topliss-reactive ketones (excluding diaryl/α,β-unsaturated/α-hetero) is 1. The second-order valence-electron chi connectivity index (χ2n) is 3.81. The van der Waals surface area contributed by atoms with Gasteiger partial charge in [0, 0.05) is 11.8 Å². The summed E-state index contributed by atoms with van der Waals surface area (Å²) in [6, 6.07) is 6.67. The Labute approximate surface area is 109 Å². The summed E-state index contributed by atoms with van der Waals surface area (Å²) in [4.78, 5) is 11.6. The lowest BCUT2D eigenvalue weighted by atomic mass is 10.1. The highest BCUT2D eigenvalue weighted by atomic mass is 79.9. The summed E-state index contributed by atoms with van der Waals surface area (Å²) in [5.41, 5.74) is 0.466. The van der Waals surface area contributed by atoms with Crippen molar-refractivity contribution >= 4 is 32.7 Å². The van der Waals surface area contributed by atoms with Crippen LogP contribution in [0.5, 0.6) is 0 Å². The van der Waals surface area contributed by atoms with Crippen molar-refractivity contribution in [3.8, 4) is 0 Å². The maximum atomic E-state index is 12.0. The molecule has 0 aliphatic rings. The Bertz CT molecular complexity index is 587. The fourth-order valence-corrected chi connectivity index (χ4v) is 2.01. The molecule has 0 amide bonds. The molecular formula is C12H8BrF3O2. The van der Waals surface area contributed by atoms with Gasteiger partial charge in [0.1, 0.15) is 5.58 Å². The Kier molecular flexibility index (Phi) is 3.47. The zero-order chi connectivity index (χ0) is 13.3. The molecule has 6 heteroatoms. The first kappa shape index (κ1) is 13.1. The Morgan fingerprint density at radius 1 is 1.33 bits per heavy atom. The lowest BCUT2D eigenvalue weighted by molar-refractivity contribution is -0.133. The van der Waals surface area contributed by atoms with E-state index in [2.05, 4.69) is 15.9 Å². The van der Waals surface area contributed by atoms with Crippen molar-refractivity contribution in [2.75, 3.05) is 0 Å². The van der Waals surface area contributed by atoms with E-state index in [9.17, 15) is 18.0 Å². The lowest BCUT2D eigenvalue weighted by Gasteiger charge is -2.03. The quantitative estimate of drug-likeness (QED) is 0.766. The molecule has 0 unspecified atom stereocenters. The van der Waals surface area contributed by atoms with Gasteiger partial charge in [-0.2, -0.15) is 13.2 Å². The van der Waals surface area contributed by atoms with Crippen molar-refractivity contribution in [3.63, 3.8) is 0 Å². The Morgan fingerprint density at radius 3 is 2.67 bits per heavy atom. The van der Waals surface area contributed by atoms with Crippen LogP contribution in [0.15, 0.2) is 33.2 Å². The molecular weight excluding hydrogens is 313 g/mol. The third-order valence-corrected chi connectivity index (χ3v) is 3.03. The van der Waals surface area contributed by atoms with Crippen LogP contribution in [0.4, 0.5) is 13.2 Å². The van der Waals surface area contributed by atoms with Gasteiger partial charge in [-0.15, -0.1) is 0 Å². The molecule has 0 aliphatic carbocycles. The predicted molar refractivity (Wildman–Crippen MR) is 63.5 cm³/mol. The van der Waals surface area contributed by atoms with E-state index in [0.717, 1.165) is 0 Å². The van der Waals surface area contributed by atoms with Gasteiger partial charge in [0.05, 0.1) is 10.9 Å². The van der Waals surface area contributed by atoms with Gasteiger partial charge in [-0.25, -0.2) is 0 Å². The van der Waals surface area contributed by atoms with Crippen molar-refractivity contribution in [3.05, 3.63) is 34.5 Å². The van der Waals surface area contributed by atoms with Crippen molar-refractivity contribution in [1.29, 1.82) is 0 Å². The van der Waals surface area contributed by atoms with Crippen LogP contribution in [-0.4, -0.2) is 12.0 Å². The zero-order valence-electron chi connectivity index (χ0n) is 9.05. The van der Waals surface area contributed by atoms with Gasteiger partial charge in [-0.1, -0.05) is 12.1 Å². The zero-order valence-corrected chi connectivity index (χ0v) is 10.6. The van der Waals surface area contributed by atoms with Crippen LogP contribution in [0.25, 0.3) is 11.0 Å². The lowest BCUT2D eigenvalue weighted by Crippen LogP contribution is -2.10. The molecule has 0 aliphatic heterocycles. The average Bonchev–Trinajstić information content (AvgIpc) is 2.70. The molecule has 2 aromatic rings. The number of hydrogen-bond donors (Lipinski definition) is 0. The topological polar surface area (TPSA) is 30.2 Å². The first-order valence-electron chi connectivity index (χ1n) is 5.15. The van der Waals surface area contributed by atoms with Crippen LogP contribution < -0.4 is 0 Å². The van der Waals surface area contributed by atoms with E-state index in [4.69, 9.17) is 4.42 Å². The minimum absolute atomic E-state index is 0.0406. The first-order valence-corrected chi connectivity index (χ1v) is 5.94. The summed E-state index contributed by atoms with van der Waals surface area (Å²) in [5.74, 6) is -0.684. The van der Waals surface area contributed by atoms with Crippen molar-refractivity contribution in [2.45, 2.75) is 19.0 Å².